The number of hydrogen-bond donors (Lipinski definition) is 1. The number of nitrogens with zero attached hydrogens (tertiary/aromatic N) is 2. The highest BCUT2D eigenvalue weighted by Gasteiger charge is 2.26. The third-order valence-corrected chi connectivity index (χ3v) is 9.80. The molecule has 0 aliphatic carbocycles. The molecule has 0 aliphatic rings. The smallest absolute Gasteiger partial charge is 0.250 e. The van der Waals surface area contributed by atoms with Crippen LogP contribution in [0, 0.1) is 17.6 Å². The zero-order valence-corrected chi connectivity index (χ0v) is 31.3. The molecule has 10 heteroatoms. The normalized spacial score (nSPS) is 12.9. The molecule has 4 aromatic rings. The molecule has 2 aromatic carbocycles. The SMILES string of the molecule is C=C/C=C\C(=C/C)CN(C)Cc1c(-c2ccc(NC(=O)COC(C)(C)C)cc2)sc2c1c(=O)c(C(=O)C(C)CC)cn2Cc1c(F)cccc1F. The van der Waals surface area contributed by atoms with Gasteiger partial charge in [0, 0.05) is 41.3 Å². The third kappa shape index (κ3) is 9.84. The molecule has 4 rings (SSSR count). The first kappa shape index (κ1) is 39.3. The van der Waals surface area contributed by atoms with Crippen LogP contribution in [-0.4, -0.2) is 47.0 Å². The molecule has 51 heavy (non-hydrogen) atoms. The molecule has 2 aromatic heterocycles. The second-order valence-electron chi connectivity index (χ2n) is 13.6. The summed E-state index contributed by atoms with van der Waals surface area (Å²) in [6.45, 7) is 15.6. The Labute approximate surface area is 302 Å². The predicted molar refractivity (Wildman–Crippen MR) is 205 cm³/mol. The van der Waals surface area contributed by atoms with E-state index in [1.54, 1.807) is 29.7 Å². The van der Waals surface area contributed by atoms with Crippen LogP contribution in [0.3, 0.4) is 0 Å². The number of pyridine rings is 1. The molecule has 270 valence electrons. The first-order valence-electron chi connectivity index (χ1n) is 17.0. The van der Waals surface area contributed by atoms with E-state index in [2.05, 4.69) is 16.8 Å². The summed E-state index contributed by atoms with van der Waals surface area (Å²) in [6.07, 6.45) is 9.51. The minimum atomic E-state index is -0.717. The molecule has 0 fully saturated rings. The van der Waals surface area contributed by atoms with Gasteiger partial charge in [-0.15, -0.1) is 11.3 Å². The van der Waals surface area contributed by atoms with Crippen LogP contribution in [-0.2, 0) is 22.6 Å². The number of halogens is 2. The van der Waals surface area contributed by atoms with Gasteiger partial charge in [0.1, 0.15) is 23.1 Å². The lowest BCUT2D eigenvalue weighted by molar-refractivity contribution is -0.125. The quantitative estimate of drug-likeness (QED) is 0.0981. The highest BCUT2D eigenvalue weighted by molar-refractivity contribution is 7.22. The molecule has 0 spiro atoms. The molecule has 0 saturated heterocycles. The number of allylic oxidation sites excluding steroid dienone is 3. The number of carbonyl (C=O) groups excluding carboxylic acids is 2. The van der Waals surface area contributed by atoms with Gasteiger partial charge in [-0.25, -0.2) is 8.78 Å². The maximum absolute atomic E-state index is 15.0. The summed E-state index contributed by atoms with van der Waals surface area (Å²) in [5.41, 5.74) is 2.03. The maximum atomic E-state index is 15.0. The average molecular weight is 716 g/mol. The topological polar surface area (TPSA) is 80.6 Å². The van der Waals surface area contributed by atoms with Crippen LogP contribution in [0.15, 0.2) is 89.9 Å². The van der Waals surface area contributed by atoms with E-state index in [0.29, 0.717) is 41.0 Å². The van der Waals surface area contributed by atoms with E-state index >= 15 is 8.78 Å². The van der Waals surface area contributed by atoms with Crippen molar-refractivity contribution in [3.05, 3.63) is 124 Å². The fourth-order valence-electron chi connectivity index (χ4n) is 5.53. The van der Waals surface area contributed by atoms with Crippen molar-refractivity contribution in [2.24, 2.45) is 5.92 Å². The number of aromatic nitrogens is 1. The second-order valence-corrected chi connectivity index (χ2v) is 14.6. The summed E-state index contributed by atoms with van der Waals surface area (Å²) in [5.74, 6) is -2.47. The van der Waals surface area contributed by atoms with Crippen molar-refractivity contribution in [3.63, 3.8) is 0 Å². The van der Waals surface area contributed by atoms with Crippen LogP contribution in [0.4, 0.5) is 14.5 Å². The lowest BCUT2D eigenvalue weighted by Crippen LogP contribution is -2.27. The molecule has 0 radical (unpaired) electrons. The van der Waals surface area contributed by atoms with Gasteiger partial charge in [-0.3, -0.25) is 19.3 Å². The largest absolute Gasteiger partial charge is 0.366 e. The van der Waals surface area contributed by atoms with Crippen LogP contribution < -0.4 is 10.7 Å². The van der Waals surface area contributed by atoms with Crippen molar-refractivity contribution >= 4 is 38.9 Å². The molecule has 7 nitrogen and oxygen atoms in total. The fourth-order valence-corrected chi connectivity index (χ4v) is 6.82. The summed E-state index contributed by atoms with van der Waals surface area (Å²) < 4.78 is 37.3. The number of ether oxygens (including phenoxy) is 1. The zero-order chi connectivity index (χ0) is 37.5. The van der Waals surface area contributed by atoms with Crippen LogP contribution in [0.5, 0.6) is 0 Å². The first-order valence-corrected chi connectivity index (χ1v) is 17.8. The molecular weight excluding hydrogens is 669 g/mol. The molecular formula is C41H47F2N3O4S. The number of carbonyl (C=O) groups is 2. The Morgan fingerprint density at radius 2 is 1.76 bits per heavy atom. The lowest BCUT2D eigenvalue weighted by Gasteiger charge is -2.19. The summed E-state index contributed by atoms with van der Waals surface area (Å²) in [6, 6.07) is 11.0. The number of thiophene rings is 1. The number of likely N-dealkylation sites (N-methyl/N-ethyl adjacent to an activating group) is 1. The molecule has 0 aliphatic heterocycles. The van der Waals surface area contributed by atoms with Gasteiger partial charge in [0.15, 0.2) is 5.78 Å². The van der Waals surface area contributed by atoms with Crippen molar-refractivity contribution in [1.29, 1.82) is 0 Å². The summed E-state index contributed by atoms with van der Waals surface area (Å²) in [7, 11) is 1.94. The number of amides is 1. The van der Waals surface area contributed by atoms with Gasteiger partial charge in [0.25, 0.3) is 0 Å². The standard InChI is InChI=1S/C41H47F2N3O4S/c1-9-12-14-27(11-3)21-45(8)22-31-36-38(49)32(37(48)26(4)10-2)24-46(23-30-33(42)15-13-16-34(30)43)40(36)51-39(31)28-17-19-29(20-18-28)44-35(47)25-50-41(5,6)7/h9,11-20,24,26H,1,10,21-23,25H2,2-8H3,(H,44,47)/b14-12-,27-11+. The highest BCUT2D eigenvalue weighted by atomic mass is 32.1. The number of nitrogens with one attached hydrogen (secondary N) is 1. The maximum Gasteiger partial charge on any atom is 0.250 e. The van der Waals surface area contributed by atoms with E-state index in [1.807, 2.05) is 72.0 Å². The van der Waals surface area contributed by atoms with Gasteiger partial charge >= 0.3 is 0 Å². The molecule has 1 amide bonds. The number of rotatable bonds is 15. The fraction of sp³-hybridized carbons (Fsp3) is 0.341. The van der Waals surface area contributed by atoms with Crippen LogP contribution in [0.1, 0.15) is 69.4 Å². The van der Waals surface area contributed by atoms with E-state index in [9.17, 15) is 14.4 Å². The number of anilines is 1. The van der Waals surface area contributed by atoms with E-state index in [-0.39, 0.29) is 36.0 Å². The van der Waals surface area contributed by atoms with Crippen LogP contribution in [0.25, 0.3) is 20.7 Å². The Morgan fingerprint density at radius 1 is 1.10 bits per heavy atom. The summed E-state index contributed by atoms with van der Waals surface area (Å²) in [5, 5.41) is 3.19. The summed E-state index contributed by atoms with van der Waals surface area (Å²) in [4.78, 5) is 44.0. The number of Topliss-reactive ketones (excluding diaryl/α,β-unsaturated/α-hetero) is 1. The first-order chi connectivity index (χ1) is 24.2. The minimum absolute atomic E-state index is 0.0135. The van der Waals surface area contributed by atoms with Crippen LogP contribution in [0.2, 0.25) is 0 Å². The monoisotopic (exact) mass is 715 g/mol. The second kappa shape index (κ2) is 17.1. The average Bonchev–Trinajstić information content (AvgIpc) is 3.47. The molecule has 2 heterocycles. The Kier molecular flexibility index (Phi) is 13.2. The van der Waals surface area contributed by atoms with Crippen molar-refractivity contribution in [1.82, 2.24) is 9.47 Å². The Hall–Kier alpha value is -4.51. The minimum Gasteiger partial charge on any atom is -0.366 e. The van der Waals surface area contributed by atoms with E-state index < -0.39 is 28.6 Å². The van der Waals surface area contributed by atoms with Gasteiger partial charge < -0.3 is 14.6 Å². The zero-order valence-electron chi connectivity index (χ0n) is 30.4. The number of hydrogen-bond acceptors (Lipinski definition) is 6. The molecule has 0 bridgehead atoms. The van der Waals surface area contributed by atoms with Crippen molar-refractivity contribution in [2.75, 3.05) is 25.5 Å². The highest BCUT2D eigenvalue weighted by Crippen LogP contribution is 2.39. The van der Waals surface area contributed by atoms with Crippen molar-refractivity contribution < 1.29 is 23.1 Å². The van der Waals surface area contributed by atoms with E-state index in [4.69, 9.17) is 4.74 Å². The predicted octanol–water partition coefficient (Wildman–Crippen LogP) is 9.16. The van der Waals surface area contributed by atoms with Gasteiger partial charge in [0.05, 0.1) is 23.1 Å². The third-order valence-electron chi connectivity index (χ3n) is 8.49. The number of ketones is 1. The lowest BCUT2D eigenvalue weighted by atomic mass is 9.96. The molecule has 1 N–H and O–H groups in total. The van der Waals surface area contributed by atoms with E-state index in [1.165, 1.54) is 35.7 Å². The van der Waals surface area contributed by atoms with E-state index in [0.717, 1.165) is 16.0 Å². The Bertz CT molecular complexity index is 2000. The summed E-state index contributed by atoms with van der Waals surface area (Å²) >= 11 is 1.33. The number of benzene rings is 2. The van der Waals surface area contributed by atoms with Gasteiger partial charge in [-0.2, -0.15) is 0 Å². The van der Waals surface area contributed by atoms with Gasteiger partial charge in [-0.1, -0.05) is 62.9 Å². The van der Waals surface area contributed by atoms with Crippen molar-refractivity contribution in [3.8, 4) is 10.4 Å². The molecule has 1 unspecified atom stereocenters. The van der Waals surface area contributed by atoms with Crippen molar-refractivity contribution in [2.45, 2.75) is 66.7 Å². The molecule has 0 saturated carbocycles. The number of fused-ring (bicyclic) bond motifs is 1. The Balaban J connectivity index is 1.92. The Morgan fingerprint density at radius 3 is 2.35 bits per heavy atom. The van der Waals surface area contributed by atoms with Crippen LogP contribution >= 0.6 is 11.3 Å². The van der Waals surface area contributed by atoms with Gasteiger partial charge in [-0.05, 0) is 82.1 Å². The molecule has 1 atom stereocenters. The van der Waals surface area contributed by atoms with Gasteiger partial charge in [0.2, 0.25) is 11.3 Å².